The highest BCUT2D eigenvalue weighted by molar-refractivity contribution is 7.10. The highest BCUT2D eigenvalue weighted by Gasteiger charge is 2.22. The first-order chi connectivity index (χ1) is 13.2. The van der Waals surface area contributed by atoms with Gasteiger partial charge in [0.05, 0.1) is 6.61 Å². The number of nitrogens with zero attached hydrogens (tertiary/aromatic N) is 1. The van der Waals surface area contributed by atoms with Crippen molar-refractivity contribution in [3.63, 3.8) is 0 Å². The number of carbonyl (C=O) groups is 2. The van der Waals surface area contributed by atoms with E-state index >= 15 is 0 Å². The highest BCUT2D eigenvalue weighted by Crippen LogP contribution is 2.24. The van der Waals surface area contributed by atoms with Crippen LogP contribution in [0.15, 0.2) is 35.7 Å². The smallest absolute Gasteiger partial charge is 0.223 e. The number of unbranched alkanes of at least 4 members (excludes halogenated alkanes) is 2. The molecule has 0 bridgehead atoms. The number of ether oxygens (including phenoxy) is 1. The molecular weight excluding hydrogens is 358 g/mol. The Morgan fingerprint density at radius 1 is 1.11 bits per heavy atom. The summed E-state index contributed by atoms with van der Waals surface area (Å²) in [7, 11) is 0. The number of thiophene rings is 1. The fraction of sp³-hybridized carbons (Fsp3) is 0.455. The molecule has 1 aromatic carbocycles. The molecule has 0 N–H and O–H groups in total. The van der Waals surface area contributed by atoms with Crippen molar-refractivity contribution < 1.29 is 14.3 Å². The van der Waals surface area contributed by atoms with Crippen LogP contribution in [0.5, 0.6) is 5.75 Å². The van der Waals surface area contributed by atoms with Crippen molar-refractivity contribution in [3.8, 4) is 5.75 Å². The van der Waals surface area contributed by atoms with Gasteiger partial charge in [-0.05, 0) is 54.1 Å². The minimum Gasteiger partial charge on any atom is -0.494 e. The summed E-state index contributed by atoms with van der Waals surface area (Å²) in [5.41, 5.74) is 1.89. The quantitative estimate of drug-likeness (QED) is 0.457. The molecule has 27 heavy (non-hydrogen) atoms. The average Bonchev–Trinajstić information content (AvgIpc) is 3.17. The van der Waals surface area contributed by atoms with Gasteiger partial charge in [-0.3, -0.25) is 9.59 Å². The van der Waals surface area contributed by atoms with Gasteiger partial charge in [-0.15, -0.1) is 11.3 Å². The van der Waals surface area contributed by atoms with Crippen LogP contribution >= 0.6 is 11.3 Å². The maximum absolute atomic E-state index is 12.4. The molecule has 144 valence electrons. The van der Waals surface area contributed by atoms with Crippen molar-refractivity contribution >= 4 is 23.0 Å². The first-order valence-electron chi connectivity index (χ1n) is 9.76. The van der Waals surface area contributed by atoms with Crippen LogP contribution in [0.4, 0.5) is 0 Å². The molecule has 2 aromatic rings. The normalized spacial score (nSPS) is 13.3. The third kappa shape index (κ3) is 5.42. The van der Waals surface area contributed by atoms with E-state index in [0.29, 0.717) is 18.7 Å². The van der Waals surface area contributed by atoms with Gasteiger partial charge < -0.3 is 9.64 Å². The lowest BCUT2D eigenvalue weighted by atomic mass is 10.0. The number of Topliss-reactive ketones (excluding diaryl/α,β-unsaturated/α-hetero) is 1. The van der Waals surface area contributed by atoms with Crippen LogP contribution in [0.2, 0.25) is 0 Å². The van der Waals surface area contributed by atoms with Crippen LogP contribution < -0.4 is 4.74 Å². The van der Waals surface area contributed by atoms with Gasteiger partial charge in [-0.1, -0.05) is 19.8 Å². The maximum Gasteiger partial charge on any atom is 0.223 e. The Balaban J connectivity index is 1.44. The molecule has 1 aliphatic heterocycles. The largest absolute Gasteiger partial charge is 0.494 e. The fourth-order valence-corrected chi connectivity index (χ4v) is 4.15. The number of rotatable bonds is 9. The summed E-state index contributed by atoms with van der Waals surface area (Å²) in [5, 5.41) is 2.08. The number of fused-ring (bicyclic) bond motifs is 1. The summed E-state index contributed by atoms with van der Waals surface area (Å²) in [4.78, 5) is 28.1. The molecule has 0 saturated heterocycles. The molecular formula is C22H27NO3S. The van der Waals surface area contributed by atoms with Gasteiger partial charge in [0.1, 0.15) is 5.75 Å². The van der Waals surface area contributed by atoms with Crippen LogP contribution in [-0.4, -0.2) is 29.7 Å². The van der Waals surface area contributed by atoms with Gasteiger partial charge >= 0.3 is 0 Å². The Morgan fingerprint density at radius 2 is 1.93 bits per heavy atom. The molecule has 0 spiro atoms. The monoisotopic (exact) mass is 385 g/mol. The molecule has 5 heteroatoms. The molecule has 2 heterocycles. The third-order valence-corrected chi connectivity index (χ3v) is 5.94. The van der Waals surface area contributed by atoms with E-state index in [0.717, 1.165) is 31.6 Å². The zero-order chi connectivity index (χ0) is 19.1. The van der Waals surface area contributed by atoms with E-state index in [2.05, 4.69) is 18.4 Å². The molecule has 0 saturated carbocycles. The van der Waals surface area contributed by atoms with E-state index in [1.165, 1.54) is 16.9 Å². The first-order valence-corrected chi connectivity index (χ1v) is 10.6. The molecule has 0 fully saturated rings. The van der Waals surface area contributed by atoms with Gasteiger partial charge in [-0.2, -0.15) is 0 Å². The Labute approximate surface area is 165 Å². The molecule has 0 atom stereocenters. The number of hydrogen-bond acceptors (Lipinski definition) is 4. The van der Waals surface area contributed by atoms with E-state index < -0.39 is 0 Å². The Kier molecular flexibility index (Phi) is 7.04. The Hall–Kier alpha value is -2.14. The summed E-state index contributed by atoms with van der Waals surface area (Å²) in [6.45, 7) is 4.30. The summed E-state index contributed by atoms with van der Waals surface area (Å²) in [6, 6.07) is 9.35. The molecule has 0 aliphatic carbocycles. The number of benzene rings is 1. The minimum atomic E-state index is 0.00844. The van der Waals surface area contributed by atoms with Crippen molar-refractivity contribution in [2.75, 3.05) is 13.2 Å². The SMILES string of the molecule is CCCCCOc1ccc(C(=O)CCC(=O)N2CCc3sccc3C2)cc1. The van der Waals surface area contributed by atoms with Gasteiger partial charge in [0, 0.05) is 36.4 Å². The molecule has 1 aliphatic rings. The van der Waals surface area contributed by atoms with E-state index in [1.807, 2.05) is 17.0 Å². The zero-order valence-electron chi connectivity index (χ0n) is 15.9. The first kappa shape index (κ1) is 19.6. The third-order valence-electron chi connectivity index (χ3n) is 4.92. The van der Waals surface area contributed by atoms with Crippen molar-refractivity contribution in [2.24, 2.45) is 0 Å². The summed E-state index contributed by atoms with van der Waals surface area (Å²) >= 11 is 1.76. The molecule has 0 unspecified atom stereocenters. The Morgan fingerprint density at radius 3 is 2.70 bits per heavy atom. The summed E-state index contributed by atoms with van der Waals surface area (Å²) in [6.07, 6.45) is 4.82. The predicted octanol–water partition coefficient (Wildman–Crippen LogP) is 4.86. The fourth-order valence-electron chi connectivity index (χ4n) is 3.26. The van der Waals surface area contributed by atoms with Crippen LogP contribution in [-0.2, 0) is 17.8 Å². The summed E-state index contributed by atoms with van der Waals surface area (Å²) in [5.74, 6) is 0.865. The lowest BCUT2D eigenvalue weighted by Gasteiger charge is -2.27. The van der Waals surface area contributed by atoms with Gasteiger partial charge in [-0.25, -0.2) is 0 Å². The minimum absolute atomic E-state index is 0.00844. The molecule has 0 radical (unpaired) electrons. The van der Waals surface area contributed by atoms with Gasteiger partial charge in [0.15, 0.2) is 5.78 Å². The topological polar surface area (TPSA) is 46.6 Å². The second kappa shape index (κ2) is 9.70. The van der Waals surface area contributed by atoms with Gasteiger partial charge in [0.25, 0.3) is 0 Å². The van der Waals surface area contributed by atoms with Crippen LogP contribution in [0.1, 0.15) is 59.8 Å². The van der Waals surface area contributed by atoms with Crippen LogP contribution in [0.3, 0.4) is 0 Å². The van der Waals surface area contributed by atoms with Gasteiger partial charge in [0.2, 0.25) is 5.91 Å². The number of hydrogen-bond donors (Lipinski definition) is 0. The van der Waals surface area contributed by atoms with Crippen LogP contribution in [0.25, 0.3) is 0 Å². The van der Waals surface area contributed by atoms with Crippen molar-refractivity contribution in [1.82, 2.24) is 4.90 Å². The lowest BCUT2D eigenvalue weighted by Crippen LogP contribution is -2.35. The standard InChI is InChI=1S/C22H27NO3S/c1-2-3-4-14-26-19-7-5-17(6-8-19)20(24)9-10-22(25)23-13-11-21-18(16-23)12-15-27-21/h5-8,12,15H,2-4,9-11,13-14,16H2,1H3. The van der Waals surface area contributed by atoms with E-state index in [4.69, 9.17) is 4.74 Å². The second-order valence-electron chi connectivity index (χ2n) is 6.94. The zero-order valence-corrected chi connectivity index (χ0v) is 16.7. The van der Waals surface area contributed by atoms with Crippen molar-refractivity contribution in [3.05, 3.63) is 51.7 Å². The van der Waals surface area contributed by atoms with E-state index in [-0.39, 0.29) is 24.5 Å². The molecule has 3 rings (SSSR count). The Bertz CT molecular complexity index is 766. The molecule has 1 aromatic heterocycles. The van der Waals surface area contributed by atoms with Crippen molar-refractivity contribution in [1.29, 1.82) is 0 Å². The molecule has 4 nitrogen and oxygen atoms in total. The maximum atomic E-state index is 12.4. The van der Waals surface area contributed by atoms with E-state index in [9.17, 15) is 9.59 Å². The van der Waals surface area contributed by atoms with Crippen LogP contribution in [0, 0.1) is 0 Å². The predicted molar refractivity (Wildman–Crippen MR) is 108 cm³/mol. The average molecular weight is 386 g/mol. The van der Waals surface area contributed by atoms with E-state index in [1.54, 1.807) is 23.5 Å². The highest BCUT2D eigenvalue weighted by atomic mass is 32.1. The lowest BCUT2D eigenvalue weighted by molar-refractivity contribution is -0.132. The second-order valence-corrected chi connectivity index (χ2v) is 7.94. The number of ketones is 1. The number of carbonyl (C=O) groups excluding carboxylic acids is 2. The summed E-state index contributed by atoms with van der Waals surface area (Å²) < 4.78 is 5.67. The van der Waals surface area contributed by atoms with Crippen molar-refractivity contribution in [2.45, 2.75) is 52.0 Å². The molecule has 1 amide bonds. The number of amides is 1.